The summed E-state index contributed by atoms with van der Waals surface area (Å²) in [5, 5.41) is 14.5. The van der Waals surface area contributed by atoms with Crippen molar-refractivity contribution >= 4 is 18.3 Å². The summed E-state index contributed by atoms with van der Waals surface area (Å²) in [6, 6.07) is 0. The maximum Gasteiger partial charge on any atom is 0.407 e. The van der Waals surface area contributed by atoms with Crippen LogP contribution in [0.5, 0.6) is 0 Å². The lowest BCUT2D eigenvalue weighted by Crippen LogP contribution is -2.41. The highest BCUT2D eigenvalue weighted by Crippen LogP contribution is 2.14. The number of nitrogens with one attached hydrogen (secondary N) is 2. The predicted molar refractivity (Wildman–Crippen MR) is 137 cm³/mol. The van der Waals surface area contributed by atoms with Crippen LogP contribution in [-0.2, 0) is 9.47 Å². The molecule has 0 radical (unpaired) electrons. The highest BCUT2D eigenvalue weighted by atomic mass is 16.6. The van der Waals surface area contributed by atoms with E-state index in [0.29, 0.717) is 45.6 Å². The molecule has 1 heterocycles. The molecule has 0 saturated carbocycles. The van der Waals surface area contributed by atoms with E-state index in [-0.39, 0.29) is 12.2 Å². The molecule has 204 valence electrons. The van der Waals surface area contributed by atoms with Gasteiger partial charge in [0, 0.05) is 39.0 Å². The van der Waals surface area contributed by atoms with Crippen LogP contribution in [0.15, 0.2) is 0 Å². The molecule has 0 aromatic heterocycles. The number of unbranched alkanes of at least 4 members (excludes halogenated alkanes) is 12. The van der Waals surface area contributed by atoms with Gasteiger partial charge in [0.05, 0.1) is 6.61 Å². The Bertz CT molecular complexity index is 567. The molecule has 1 saturated heterocycles. The standard InChI is InChI=1S/C26H49N3O6/c1-2-3-4-13-18-27-24(30)34-22-15-12-10-8-6-5-7-9-11-14-19-28-25(31)35-23-16-20-29(21-17-23)26(32)33/h23H,2-22H2,1H3,(H,27,30)(H,28,31)(H,32,33). The van der Waals surface area contributed by atoms with E-state index in [4.69, 9.17) is 14.6 Å². The summed E-state index contributed by atoms with van der Waals surface area (Å²) in [5.41, 5.74) is 0. The Hall–Kier alpha value is -2.19. The van der Waals surface area contributed by atoms with E-state index in [1.54, 1.807) is 0 Å². The summed E-state index contributed by atoms with van der Waals surface area (Å²) in [6.45, 7) is 4.84. The van der Waals surface area contributed by atoms with Crippen LogP contribution in [0.25, 0.3) is 0 Å². The fourth-order valence-corrected chi connectivity index (χ4v) is 4.15. The number of likely N-dealkylation sites (tertiary alicyclic amines) is 1. The Labute approximate surface area is 211 Å². The van der Waals surface area contributed by atoms with Crippen molar-refractivity contribution in [1.82, 2.24) is 15.5 Å². The lowest BCUT2D eigenvalue weighted by molar-refractivity contribution is 0.0511. The molecule has 0 aromatic carbocycles. The van der Waals surface area contributed by atoms with Gasteiger partial charge in [0.1, 0.15) is 6.10 Å². The number of hydrogen-bond acceptors (Lipinski definition) is 5. The molecule has 0 spiro atoms. The number of nitrogens with zero attached hydrogens (tertiary/aromatic N) is 1. The fourth-order valence-electron chi connectivity index (χ4n) is 4.15. The number of alkyl carbamates (subject to hydrolysis) is 2. The number of carbonyl (C=O) groups excluding carboxylic acids is 2. The van der Waals surface area contributed by atoms with Crippen molar-refractivity contribution in [3.63, 3.8) is 0 Å². The van der Waals surface area contributed by atoms with Gasteiger partial charge in [-0.2, -0.15) is 0 Å². The number of amides is 3. The molecule has 1 rings (SSSR count). The van der Waals surface area contributed by atoms with Gasteiger partial charge >= 0.3 is 18.3 Å². The second-order valence-electron chi connectivity index (χ2n) is 9.46. The third-order valence-corrected chi connectivity index (χ3v) is 6.36. The van der Waals surface area contributed by atoms with E-state index in [1.807, 2.05) is 0 Å². The molecule has 0 aliphatic carbocycles. The fraction of sp³-hybridized carbons (Fsp3) is 0.885. The van der Waals surface area contributed by atoms with E-state index < -0.39 is 12.2 Å². The molecule has 1 aliphatic heterocycles. The molecule has 3 N–H and O–H groups in total. The van der Waals surface area contributed by atoms with Crippen molar-refractivity contribution in [1.29, 1.82) is 0 Å². The first-order valence-corrected chi connectivity index (χ1v) is 13.9. The number of ether oxygens (including phenoxy) is 2. The van der Waals surface area contributed by atoms with Crippen molar-refractivity contribution in [2.75, 3.05) is 32.8 Å². The van der Waals surface area contributed by atoms with E-state index in [9.17, 15) is 14.4 Å². The van der Waals surface area contributed by atoms with Gasteiger partial charge in [-0.3, -0.25) is 0 Å². The van der Waals surface area contributed by atoms with Crippen molar-refractivity contribution < 1.29 is 29.0 Å². The number of carboxylic acid groups (broad SMARTS) is 1. The Balaban J connectivity index is 1.78. The molecule has 0 unspecified atom stereocenters. The van der Waals surface area contributed by atoms with Crippen LogP contribution in [-0.4, -0.2) is 67.2 Å². The molecular weight excluding hydrogens is 450 g/mol. The maximum absolute atomic E-state index is 11.8. The predicted octanol–water partition coefficient (Wildman–Crippen LogP) is 6.06. The molecule has 0 aromatic rings. The first-order chi connectivity index (χ1) is 17.0. The average Bonchev–Trinajstić information content (AvgIpc) is 2.84. The van der Waals surface area contributed by atoms with Gasteiger partial charge in [-0.1, -0.05) is 77.6 Å². The number of hydrogen-bond donors (Lipinski definition) is 3. The highest BCUT2D eigenvalue weighted by molar-refractivity contribution is 5.67. The van der Waals surface area contributed by atoms with Crippen molar-refractivity contribution in [3.8, 4) is 0 Å². The Morgan fingerprint density at radius 3 is 1.77 bits per heavy atom. The number of carbonyl (C=O) groups is 3. The quantitative estimate of drug-likeness (QED) is 0.186. The van der Waals surface area contributed by atoms with Gasteiger partial charge in [-0.25, -0.2) is 14.4 Å². The maximum atomic E-state index is 11.8. The topological polar surface area (TPSA) is 117 Å². The zero-order valence-electron chi connectivity index (χ0n) is 21.9. The van der Waals surface area contributed by atoms with Crippen LogP contribution in [0.4, 0.5) is 14.4 Å². The van der Waals surface area contributed by atoms with E-state index in [1.165, 1.54) is 56.3 Å². The first kappa shape index (κ1) is 30.8. The summed E-state index contributed by atoms with van der Waals surface area (Å²) in [7, 11) is 0. The minimum Gasteiger partial charge on any atom is -0.465 e. The Morgan fingerprint density at radius 1 is 0.743 bits per heavy atom. The van der Waals surface area contributed by atoms with Crippen LogP contribution >= 0.6 is 0 Å². The van der Waals surface area contributed by atoms with Gasteiger partial charge < -0.3 is 30.1 Å². The third kappa shape index (κ3) is 17.8. The molecule has 1 aliphatic rings. The molecule has 35 heavy (non-hydrogen) atoms. The lowest BCUT2D eigenvalue weighted by atomic mass is 10.1. The molecule has 3 amide bonds. The van der Waals surface area contributed by atoms with Crippen molar-refractivity contribution in [2.45, 2.75) is 116 Å². The van der Waals surface area contributed by atoms with Crippen LogP contribution in [0.2, 0.25) is 0 Å². The zero-order chi connectivity index (χ0) is 25.6. The zero-order valence-corrected chi connectivity index (χ0v) is 21.9. The number of piperidine rings is 1. The minimum atomic E-state index is -0.913. The SMILES string of the molecule is CCCCCCNC(=O)OCCCCCCCCCCCCNC(=O)OC1CCN(C(=O)O)CC1. The molecule has 0 bridgehead atoms. The smallest absolute Gasteiger partial charge is 0.407 e. The molecular formula is C26H49N3O6. The van der Waals surface area contributed by atoms with E-state index >= 15 is 0 Å². The van der Waals surface area contributed by atoms with Gasteiger partial charge in [-0.15, -0.1) is 0 Å². The van der Waals surface area contributed by atoms with Crippen LogP contribution in [0.3, 0.4) is 0 Å². The molecule has 0 atom stereocenters. The van der Waals surface area contributed by atoms with Crippen LogP contribution < -0.4 is 10.6 Å². The van der Waals surface area contributed by atoms with Crippen molar-refractivity contribution in [2.24, 2.45) is 0 Å². The third-order valence-electron chi connectivity index (χ3n) is 6.36. The van der Waals surface area contributed by atoms with Crippen molar-refractivity contribution in [3.05, 3.63) is 0 Å². The first-order valence-electron chi connectivity index (χ1n) is 13.9. The summed E-state index contributed by atoms with van der Waals surface area (Å²) in [4.78, 5) is 35.6. The second-order valence-corrected chi connectivity index (χ2v) is 9.46. The lowest BCUT2D eigenvalue weighted by Gasteiger charge is -2.29. The van der Waals surface area contributed by atoms with Gasteiger partial charge in [-0.05, 0) is 19.3 Å². The van der Waals surface area contributed by atoms with Gasteiger partial charge in [0.25, 0.3) is 0 Å². The monoisotopic (exact) mass is 499 g/mol. The van der Waals surface area contributed by atoms with Crippen LogP contribution in [0, 0.1) is 0 Å². The summed E-state index contributed by atoms with van der Waals surface area (Å²) in [5.74, 6) is 0. The summed E-state index contributed by atoms with van der Waals surface area (Å²) < 4.78 is 10.6. The largest absolute Gasteiger partial charge is 0.465 e. The highest BCUT2D eigenvalue weighted by Gasteiger charge is 2.24. The minimum absolute atomic E-state index is 0.192. The van der Waals surface area contributed by atoms with Gasteiger partial charge in [0.2, 0.25) is 0 Å². The Kier molecular flexibility index (Phi) is 18.6. The second kappa shape index (κ2) is 21.1. The van der Waals surface area contributed by atoms with E-state index in [0.717, 1.165) is 38.5 Å². The summed E-state index contributed by atoms with van der Waals surface area (Å²) in [6.07, 6.45) is 15.3. The van der Waals surface area contributed by atoms with Gasteiger partial charge in [0.15, 0.2) is 0 Å². The van der Waals surface area contributed by atoms with E-state index in [2.05, 4.69) is 17.6 Å². The molecule has 9 nitrogen and oxygen atoms in total. The van der Waals surface area contributed by atoms with Crippen LogP contribution in [0.1, 0.15) is 110 Å². The summed E-state index contributed by atoms with van der Waals surface area (Å²) >= 11 is 0. The number of rotatable bonds is 19. The Morgan fingerprint density at radius 2 is 1.23 bits per heavy atom. The average molecular weight is 500 g/mol. The normalized spacial score (nSPS) is 13.9. The molecule has 9 heteroatoms. The molecule has 1 fully saturated rings.